The number of amides is 1. The Labute approximate surface area is 125 Å². The Morgan fingerprint density at radius 2 is 2.05 bits per heavy atom. The van der Waals surface area contributed by atoms with Gasteiger partial charge in [0, 0.05) is 18.3 Å². The van der Waals surface area contributed by atoms with E-state index >= 15 is 0 Å². The molecule has 1 rings (SSSR count). The highest BCUT2D eigenvalue weighted by atomic mass is 35.5. The van der Waals surface area contributed by atoms with Gasteiger partial charge >= 0.3 is 0 Å². The number of hydrogen-bond donors (Lipinski definition) is 1. The molecular weight excluding hydrogens is 274 g/mol. The zero-order valence-corrected chi connectivity index (χ0v) is 12.7. The third-order valence-corrected chi connectivity index (χ3v) is 2.91. The fraction of sp³-hybridized carbons (Fsp3) is 0.333. The number of unbranched alkanes of at least 4 members (excludes halogenated alkanes) is 1. The molecule has 1 aromatic rings. The maximum absolute atomic E-state index is 12.5. The number of benzene rings is 1. The molecule has 0 unspecified atom stereocenters. The lowest BCUT2D eigenvalue weighted by atomic mass is 10.2. The van der Waals surface area contributed by atoms with Gasteiger partial charge in [-0.25, -0.2) is 0 Å². The van der Waals surface area contributed by atoms with Gasteiger partial charge in [-0.15, -0.1) is 0 Å². The zero-order valence-electron chi connectivity index (χ0n) is 11.9. The zero-order chi connectivity index (χ0) is 15.0. The summed E-state index contributed by atoms with van der Waals surface area (Å²) in [6.45, 7) is 7.92. The molecule has 1 N–H and O–H groups in total. The predicted octanol–water partition coefficient (Wildman–Crippen LogP) is 3.50. The first kappa shape index (κ1) is 16.2. The van der Waals surface area contributed by atoms with E-state index in [1.807, 2.05) is 18.2 Å². The standard InChI is InChI=1S/C15H20ClN3O/c1-4-5-11-18-14(12(2)16)15(20)19(17-3)13-9-7-6-8-10-13/h6-10,18H,3-5,11H2,1-2H3/b14-12-. The van der Waals surface area contributed by atoms with E-state index in [0.29, 0.717) is 23.0 Å². The van der Waals surface area contributed by atoms with Crippen molar-refractivity contribution in [1.82, 2.24) is 5.32 Å². The summed E-state index contributed by atoms with van der Waals surface area (Å²) in [6.07, 6.45) is 2.01. The molecule has 5 heteroatoms. The number of allylic oxidation sites excluding steroid dienone is 1. The summed E-state index contributed by atoms with van der Waals surface area (Å²) in [6, 6.07) is 9.13. The molecule has 0 aliphatic rings. The molecular formula is C15H20ClN3O. The number of rotatable bonds is 7. The van der Waals surface area contributed by atoms with Crippen molar-refractivity contribution < 1.29 is 4.79 Å². The van der Waals surface area contributed by atoms with Crippen LogP contribution < -0.4 is 10.3 Å². The second kappa shape index (κ2) is 8.38. The van der Waals surface area contributed by atoms with E-state index < -0.39 is 0 Å². The Balaban J connectivity index is 2.93. The van der Waals surface area contributed by atoms with Crippen LogP contribution >= 0.6 is 11.6 Å². The molecule has 0 aliphatic carbocycles. The second-order valence-electron chi connectivity index (χ2n) is 4.28. The molecule has 20 heavy (non-hydrogen) atoms. The molecule has 1 amide bonds. The fourth-order valence-electron chi connectivity index (χ4n) is 1.67. The summed E-state index contributed by atoms with van der Waals surface area (Å²) >= 11 is 6.01. The molecule has 0 atom stereocenters. The van der Waals surface area contributed by atoms with Crippen LogP contribution in [0.4, 0.5) is 5.69 Å². The van der Waals surface area contributed by atoms with Crippen molar-refractivity contribution in [3.63, 3.8) is 0 Å². The van der Waals surface area contributed by atoms with Crippen LogP contribution in [-0.4, -0.2) is 19.2 Å². The Morgan fingerprint density at radius 1 is 1.40 bits per heavy atom. The number of para-hydroxylation sites is 1. The minimum atomic E-state index is -0.310. The van der Waals surface area contributed by atoms with Crippen molar-refractivity contribution in [2.75, 3.05) is 11.6 Å². The number of anilines is 1. The predicted molar refractivity (Wildman–Crippen MR) is 84.9 cm³/mol. The summed E-state index contributed by atoms with van der Waals surface area (Å²) in [5, 5.41) is 8.51. The third-order valence-electron chi connectivity index (χ3n) is 2.73. The molecule has 0 heterocycles. The van der Waals surface area contributed by atoms with Gasteiger partial charge in [-0.05, 0) is 25.5 Å². The number of halogens is 1. The van der Waals surface area contributed by atoms with Gasteiger partial charge in [-0.2, -0.15) is 10.1 Å². The van der Waals surface area contributed by atoms with Crippen LogP contribution in [0.1, 0.15) is 26.7 Å². The minimum Gasteiger partial charge on any atom is -0.380 e. The monoisotopic (exact) mass is 293 g/mol. The molecule has 0 saturated carbocycles. The van der Waals surface area contributed by atoms with Crippen molar-refractivity contribution in [1.29, 1.82) is 0 Å². The lowest BCUT2D eigenvalue weighted by Crippen LogP contribution is -2.33. The highest BCUT2D eigenvalue weighted by Gasteiger charge is 2.20. The van der Waals surface area contributed by atoms with Gasteiger partial charge < -0.3 is 5.32 Å². The Bertz CT molecular complexity index is 481. The van der Waals surface area contributed by atoms with E-state index in [0.717, 1.165) is 12.8 Å². The van der Waals surface area contributed by atoms with E-state index in [4.69, 9.17) is 11.6 Å². The van der Waals surface area contributed by atoms with Gasteiger partial charge in [0.1, 0.15) is 5.70 Å². The third kappa shape index (κ3) is 4.38. The van der Waals surface area contributed by atoms with Crippen LogP contribution in [0.2, 0.25) is 0 Å². The molecule has 0 saturated heterocycles. The molecule has 0 aromatic heterocycles. The second-order valence-corrected chi connectivity index (χ2v) is 4.85. The lowest BCUT2D eigenvalue weighted by Gasteiger charge is -2.19. The van der Waals surface area contributed by atoms with Gasteiger partial charge in [0.25, 0.3) is 5.91 Å². The van der Waals surface area contributed by atoms with Gasteiger partial charge in [0.15, 0.2) is 0 Å². The summed E-state index contributed by atoms with van der Waals surface area (Å²) < 4.78 is 0. The minimum absolute atomic E-state index is 0.310. The molecule has 108 valence electrons. The first-order valence-electron chi connectivity index (χ1n) is 6.58. The van der Waals surface area contributed by atoms with Crippen LogP contribution in [0.25, 0.3) is 0 Å². The summed E-state index contributed by atoms with van der Waals surface area (Å²) in [7, 11) is 0. The van der Waals surface area contributed by atoms with E-state index in [1.165, 1.54) is 5.01 Å². The van der Waals surface area contributed by atoms with E-state index in [2.05, 4.69) is 24.1 Å². The first-order chi connectivity index (χ1) is 9.61. The molecule has 0 radical (unpaired) electrons. The molecule has 4 nitrogen and oxygen atoms in total. The van der Waals surface area contributed by atoms with Crippen LogP contribution in [0.5, 0.6) is 0 Å². The smallest absolute Gasteiger partial charge is 0.295 e. The van der Waals surface area contributed by atoms with Gasteiger partial charge in [-0.1, -0.05) is 43.1 Å². The van der Waals surface area contributed by atoms with Crippen molar-refractivity contribution >= 4 is 29.9 Å². The highest BCUT2D eigenvalue weighted by molar-refractivity contribution is 6.32. The van der Waals surface area contributed by atoms with Crippen LogP contribution in [0, 0.1) is 0 Å². The summed E-state index contributed by atoms with van der Waals surface area (Å²) in [5.41, 5.74) is 1.01. The average molecular weight is 294 g/mol. The number of carbonyl (C=O) groups is 1. The van der Waals surface area contributed by atoms with E-state index in [-0.39, 0.29) is 5.91 Å². The number of carbonyl (C=O) groups excluding carboxylic acids is 1. The molecule has 0 fully saturated rings. The van der Waals surface area contributed by atoms with Gasteiger partial charge in [-0.3, -0.25) is 4.79 Å². The summed E-state index contributed by atoms with van der Waals surface area (Å²) in [5.74, 6) is -0.310. The Kier molecular flexibility index (Phi) is 6.81. The van der Waals surface area contributed by atoms with Crippen molar-refractivity contribution in [3.8, 4) is 0 Å². The van der Waals surface area contributed by atoms with E-state index in [9.17, 15) is 4.79 Å². The van der Waals surface area contributed by atoms with Crippen molar-refractivity contribution in [2.45, 2.75) is 26.7 Å². The van der Waals surface area contributed by atoms with Crippen LogP contribution in [-0.2, 0) is 4.79 Å². The maximum atomic E-state index is 12.5. The average Bonchev–Trinajstić information content (AvgIpc) is 2.45. The molecule has 0 aliphatic heterocycles. The van der Waals surface area contributed by atoms with Crippen molar-refractivity contribution in [2.24, 2.45) is 5.10 Å². The van der Waals surface area contributed by atoms with E-state index in [1.54, 1.807) is 19.1 Å². The molecule has 0 bridgehead atoms. The number of nitrogens with zero attached hydrogens (tertiary/aromatic N) is 2. The van der Waals surface area contributed by atoms with Crippen molar-refractivity contribution in [3.05, 3.63) is 41.1 Å². The number of hydrazone groups is 1. The first-order valence-corrected chi connectivity index (χ1v) is 6.96. The number of nitrogens with one attached hydrogen (secondary N) is 1. The number of hydrogen-bond acceptors (Lipinski definition) is 3. The Morgan fingerprint density at radius 3 is 2.55 bits per heavy atom. The fourth-order valence-corrected chi connectivity index (χ4v) is 1.82. The SMILES string of the molecule is C=NN(C(=O)/C(NCCCC)=C(\C)Cl)c1ccccc1. The maximum Gasteiger partial charge on any atom is 0.295 e. The molecule has 1 aromatic carbocycles. The van der Waals surface area contributed by atoms with Crippen LogP contribution in [0.3, 0.4) is 0 Å². The quantitative estimate of drug-likeness (QED) is 0.362. The van der Waals surface area contributed by atoms with Gasteiger partial charge in [0.05, 0.1) is 5.69 Å². The summed E-state index contributed by atoms with van der Waals surface area (Å²) in [4.78, 5) is 12.5. The molecule has 0 spiro atoms. The van der Waals surface area contributed by atoms with Gasteiger partial charge in [0.2, 0.25) is 0 Å². The lowest BCUT2D eigenvalue weighted by molar-refractivity contribution is -0.115. The highest BCUT2D eigenvalue weighted by Crippen LogP contribution is 2.18. The largest absolute Gasteiger partial charge is 0.380 e. The Hall–Kier alpha value is -1.81. The topological polar surface area (TPSA) is 44.7 Å². The van der Waals surface area contributed by atoms with Crippen LogP contribution in [0.15, 0.2) is 46.2 Å². The normalized spacial score (nSPS) is 11.6.